The Balaban J connectivity index is 1.80. The van der Waals surface area contributed by atoms with E-state index >= 15 is 0 Å². The molecule has 0 aromatic heterocycles. The third-order valence-corrected chi connectivity index (χ3v) is 4.13. The molecule has 0 saturated carbocycles. The molecule has 1 heterocycles. The zero-order chi connectivity index (χ0) is 15.3. The Morgan fingerprint density at radius 1 is 1.19 bits per heavy atom. The van der Waals surface area contributed by atoms with Crippen LogP contribution in [0, 0.1) is 0 Å². The highest BCUT2D eigenvalue weighted by Gasteiger charge is 2.30. The summed E-state index contributed by atoms with van der Waals surface area (Å²) in [7, 11) is 0. The van der Waals surface area contributed by atoms with Crippen molar-refractivity contribution in [2.45, 2.75) is 6.18 Å². The molecule has 1 aliphatic heterocycles. The van der Waals surface area contributed by atoms with E-state index < -0.39 is 17.7 Å². The highest BCUT2D eigenvalue weighted by atomic mass is 32.2. The molecule has 0 radical (unpaired) electrons. The number of benzene rings is 1. The van der Waals surface area contributed by atoms with E-state index in [1.165, 1.54) is 0 Å². The Hall–Kier alpha value is -1.21. The number of hydrogen-bond donors (Lipinski definition) is 0. The van der Waals surface area contributed by atoms with E-state index in [4.69, 9.17) is 4.74 Å². The minimum atomic E-state index is -4.39. The number of alkyl halides is 3. The summed E-state index contributed by atoms with van der Waals surface area (Å²) in [6, 6.07) is 4.06. The molecule has 0 bridgehead atoms. The molecule has 1 aliphatic rings. The van der Waals surface area contributed by atoms with E-state index in [0.29, 0.717) is 6.54 Å². The van der Waals surface area contributed by atoms with Gasteiger partial charge in [0.25, 0.3) is 0 Å². The monoisotopic (exact) mass is 319 g/mol. The van der Waals surface area contributed by atoms with E-state index in [1.807, 2.05) is 11.8 Å². The van der Waals surface area contributed by atoms with E-state index in [2.05, 4.69) is 4.90 Å². The molecule has 116 valence electrons. The van der Waals surface area contributed by atoms with Crippen molar-refractivity contribution in [3.05, 3.63) is 35.4 Å². The average Bonchev–Trinajstić information content (AvgIpc) is 2.47. The molecule has 1 aromatic rings. The maximum atomic E-state index is 12.4. The van der Waals surface area contributed by atoms with Gasteiger partial charge in [-0.15, -0.1) is 0 Å². The third kappa shape index (κ3) is 4.93. The van der Waals surface area contributed by atoms with Crippen molar-refractivity contribution in [2.24, 2.45) is 0 Å². The smallest absolute Gasteiger partial charge is 0.416 e. The van der Waals surface area contributed by atoms with Gasteiger partial charge in [0, 0.05) is 31.1 Å². The maximum absolute atomic E-state index is 12.4. The van der Waals surface area contributed by atoms with Crippen LogP contribution in [0.2, 0.25) is 0 Å². The minimum absolute atomic E-state index is 0.136. The standard InChI is InChI=1S/C14H16F3NO2S/c15-14(16,17)12-3-1-11(2-4-12)13(19)20-8-5-18-6-9-21-10-7-18/h1-4H,5-10H2. The molecule has 1 aromatic carbocycles. The van der Waals surface area contributed by atoms with E-state index in [1.54, 1.807) is 0 Å². The molecular weight excluding hydrogens is 303 g/mol. The number of carbonyl (C=O) groups excluding carboxylic acids is 1. The Morgan fingerprint density at radius 2 is 1.81 bits per heavy atom. The Kier molecular flexibility index (Phi) is 5.52. The van der Waals surface area contributed by atoms with Gasteiger partial charge in [-0.3, -0.25) is 4.90 Å². The summed E-state index contributed by atoms with van der Waals surface area (Å²) in [6.07, 6.45) is -4.39. The van der Waals surface area contributed by atoms with Crippen molar-refractivity contribution in [1.82, 2.24) is 4.90 Å². The van der Waals surface area contributed by atoms with Crippen LogP contribution in [-0.2, 0) is 10.9 Å². The third-order valence-electron chi connectivity index (χ3n) is 3.19. The van der Waals surface area contributed by atoms with Gasteiger partial charge in [-0.05, 0) is 24.3 Å². The summed E-state index contributed by atoms with van der Waals surface area (Å²) < 4.78 is 42.3. The molecule has 0 unspecified atom stereocenters. The average molecular weight is 319 g/mol. The summed E-state index contributed by atoms with van der Waals surface area (Å²) >= 11 is 1.90. The first kappa shape index (κ1) is 16.2. The lowest BCUT2D eigenvalue weighted by Crippen LogP contribution is -2.35. The Morgan fingerprint density at radius 3 is 2.38 bits per heavy atom. The number of thioether (sulfide) groups is 1. The van der Waals surface area contributed by atoms with E-state index in [9.17, 15) is 18.0 Å². The van der Waals surface area contributed by atoms with Crippen LogP contribution in [0.1, 0.15) is 15.9 Å². The Bertz CT molecular complexity index is 470. The second-order valence-corrected chi connectivity index (χ2v) is 5.89. The second kappa shape index (κ2) is 7.17. The molecule has 0 amide bonds. The van der Waals surface area contributed by atoms with Crippen LogP contribution < -0.4 is 0 Å². The number of rotatable bonds is 4. The lowest BCUT2D eigenvalue weighted by molar-refractivity contribution is -0.137. The van der Waals surface area contributed by atoms with Crippen LogP contribution in [0.15, 0.2) is 24.3 Å². The van der Waals surface area contributed by atoms with Gasteiger partial charge in [0.05, 0.1) is 11.1 Å². The van der Waals surface area contributed by atoms with Crippen molar-refractivity contribution < 1.29 is 22.7 Å². The number of hydrogen-bond acceptors (Lipinski definition) is 4. The van der Waals surface area contributed by atoms with Gasteiger partial charge in [-0.1, -0.05) is 0 Å². The highest BCUT2D eigenvalue weighted by molar-refractivity contribution is 7.99. The van der Waals surface area contributed by atoms with Gasteiger partial charge in [-0.2, -0.15) is 24.9 Å². The molecule has 7 heteroatoms. The van der Waals surface area contributed by atoms with Crippen LogP contribution in [0.25, 0.3) is 0 Å². The maximum Gasteiger partial charge on any atom is 0.416 e. The number of halogens is 3. The molecule has 21 heavy (non-hydrogen) atoms. The predicted octanol–water partition coefficient (Wildman–Crippen LogP) is 2.91. The fourth-order valence-corrected chi connectivity index (χ4v) is 2.95. The first-order valence-electron chi connectivity index (χ1n) is 6.61. The van der Waals surface area contributed by atoms with Gasteiger partial charge >= 0.3 is 12.1 Å². The second-order valence-electron chi connectivity index (χ2n) is 4.67. The first-order chi connectivity index (χ1) is 9.97. The highest BCUT2D eigenvalue weighted by Crippen LogP contribution is 2.29. The van der Waals surface area contributed by atoms with E-state index in [-0.39, 0.29) is 12.2 Å². The van der Waals surface area contributed by atoms with Gasteiger partial charge in [-0.25, -0.2) is 4.79 Å². The molecule has 1 saturated heterocycles. The van der Waals surface area contributed by atoms with Crippen LogP contribution >= 0.6 is 11.8 Å². The molecule has 2 rings (SSSR count). The lowest BCUT2D eigenvalue weighted by Gasteiger charge is -2.25. The minimum Gasteiger partial charge on any atom is -0.461 e. The molecule has 0 spiro atoms. The van der Waals surface area contributed by atoms with Gasteiger partial charge in [0.1, 0.15) is 6.61 Å². The fraction of sp³-hybridized carbons (Fsp3) is 0.500. The van der Waals surface area contributed by atoms with Crippen molar-refractivity contribution in [1.29, 1.82) is 0 Å². The topological polar surface area (TPSA) is 29.5 Å². The zero-order valence-corrected chi connectivity index (χ0v) is 12.2. The molecule has 1 fully saturated rings. The number of esters is 1. The van der Waals surface area contributed by atoms with Crippen molar-refractivity contribution in [3.63, 3.8) is 0 Å². The van der Waals surface area contributed by atoms with Gasteiger partial charge in [0.2, 0.25) is 0 Å². The predicted molar refractivity (Wildman–Crippen MR) is 75.5 cm³/mol. The quantitative estimate of drug-likeness (QED) is 0.798. The normalized spacial score (nSPS) is 16.7. The lowest BCUT2D eigenvalue weighted by atomic mass is 10.1. The van der Waals surface area contributed by atoms with Gasteiger partial charge < -0.3 is 4.74 Å². The largest absolute Gasteiger partial charge is 0.461 e. The van der Waals surface area contributed by atoms with Gasteiger partial charge in [0.15, 0.2) is 0 Å². The number of ether oxygens (including phenoxy) is 1. The molecule has 3 nitrogen and oxygen atoms in total. The van der Waals surface area contributed by atoms with Crippen LogP contribution in [0.3, 0.4) is 0 Å². The first-order valence-corrected chi connectivity index (χ1v) is 7.77. The SMILES string of the molecule is O=C(OCCN1CCSCC1)c1ccc(C(F)(F)F)cc1. The summed E-state index contributed by atoms with van der Waals surface area (Å²) in [5, 5.41) is 0. The van der Waals surface area contributed by atoms with Crippen molar-refractivity contribution in [3.8, 4) is 0 Å². The molecule has 0 aliphatic carbocycles. The molecular formula is C14H16F3NO2S. The van der Waals surface area contributed by atoms with Crippen molar-refractivity contribution >= 4 is 17.7 Å². The van der Waals surface area contributed by atoms with Crippen LogP contribution in [0.4, 0.5) is 13.2 Å². The number of carbonyl (C=O) groups is 1. The van der Waals surface area contributed by atoms with Crippen molar-refractivity contribution in [2.75, 3.05) is 37.7 Å². The summed E-state index contributed by atoms with van der Waals surface area (Å²) in [4.78, 5) is 13.9. The summed E-state index contributed by atoms with van der Waals surface area (Å²) in [5.74, 6) is 1.56. The summed E-state index contributed by atoms with van der Waals surface area (Å²) in [6.45, 7) is 2.86. The van der Waals surface area contributed by atoms with Crippen LogP contribution in [-0.4, -0.2) is 48.6 Å². The Labute approximate surface area is 125 Å². The summed E-state index contributed by atoms with van der Waals surface area (Å²) in [5.41, 5.74) is -0.637. The van der Waals surface area contributed by atoms with E-state index in [0.717, 1.165) is 48.9 Å². The molecule has 0 N–H and O–H groups in total. The number of nitrogens with zero attached hydrogens (tertiary/aromatic N) is 1. The fourth-order valence-electron chi connectivity index (χ4n) is 1.97. The van der Waals surface area contributed by atoms with Crippen LogP contribution in [0.5, 0.6) is 0 Å². The zero-order valence-electron chi connectivity index (χ0n) is 11.4. The molecule has 0 atom stereocenters.